The second-order valence-electron chi connectivity index (χ2n) is 3.15. The Morgan fingerprint density at radius 1 is 1.40 bits per heavy atom. The average molecular weight is 142 g/mol. The van der Waals surface area contributed by atoms with E-state index in [9.17, 15) is 0 Å². The molecule has 0 saturated carbocycles. The van der Waals surface area contributed by atoms with E-state index in [1.54, 1.807) is 0 Å². The van der Waals surface area contributed by atoms with E-state index in [2.05, 4.69) is 30.7 Å². The molecule has 0 aliphatic carbocycles. The second kappa shape index (κ2) is 3.35. The quantitative estimate of drug-likeness (QED) is 0.567. The summed E-state index contributed by atoms with van der Waals surface area (Å²) in [6, 6.07) is 0.815. The highest BCUT2D eigenvalue weighted by atomic mass is 15.4. The molecule has 1 heterocycles. The van der Waals surface area contributed by atoms with E-state index < -0.39 is 0 Å². The molecule has 60 valence electrons. The van der Waals surface area contributed by atoms with E-state index in [-0.39, 0.29) is 0 Å². The molecule has 1 fully saturated rings. The minimum atomic E-state index is 0.815. The van der Waals surface area contributed by atoms with E-state index in [1.807, 2.05) is 0 Å². The first kappa shape index (κ1) is 8.02. The number of likely N-dealkylation sites (N-methyl/N-ethyl adjacent to an activating group) is 2. The highest BCUT2D eigenvalue weighted by Gasteiger charge is 2.24. The standard InChI is InChI=1S/C8H18N2/c1-4-8-6-9(3)7-10(8)5-2/h8H,4-7H2,1-3H3. The summed E-state index contributed by atoms with van der Waals surface area (Å²) >= 11 is 0. The molecule has 0 aromatic rings. The zero-order valence-electron chi connectivity index (χ0n) is 7.30. The summed E-state index contributed by atoms with van der Waals surface area (Å²) in [5, 5.41) is 0. The maximum absolute atomic E-state index is 2.53. The Bertz CT molecular complexity index is 91.4. The van der Waals surface area contributed by atoms with Gasteiger partial charge in [-0.1, -0.05) is 13.8 Å². The Morgan fingerprint density at radius 3 is 2.50 bits per heavy atom. The molecular formula is C8H18N2. The minimum absolute atomic E-state index is 0.815. The fourth-order valence-corrected chi connectivity index (χ4v) is 1.70. The van der Waals surface area contributed by atoms with Crippen LogP contribution in [0.2, 0.25) is 0 Å². The van der Waals surface area contributed by atoms with Crippen LogP contribution in [-0.2, 0) is 0 Å². The predicted octanol–water partition coefficient (Wildman–Crippen LogP) is 0.990. The maximum atomic E-state index is 2.53. The van der Waals surface area contributed by atoms with Gasteiger partial charge in [0.05, 0.1) is 6.67 Å². The Kier molecular flexibility index (Phi) is 2.69. The van der Waals surface area contributed by atoms with Crippen molar-refractivity contribution in [3.63, 3.8) is 0 Å². The Labute approximate surface area is 63.8 Å². The van der Waals surface area contributed by atoms with Crippen molar-refractivity contribution in [2.75, 3.05) is 26.8 Å². The van der Waals surface area contributed by atoms with Gasteiger partial charge in [0.2, 0.25) is 0 Å². The fraction of sp³-hybridized carbons (Fsp3) is 1.00. The summed E-state index contributed by atoms with van der Waals surface area (Å²) in [6.45, 7) is 8.12. The Hall–Kier alpha value is -0.0800. The number of hydrogen-bond donors (Lipinski definition) is 0. The van der Waals surface area contributed by atoms with Crippen LogP contribution in [0.15, 0.2) is 0 Å². The third kappa shape index (κ3) is 1.50. The first-order chi connectivity index (χ1) is 4.77. The number of hydrogen-bond acceptors (Lipinski definition) is 2. The smallest absolute Gasteiger partial charge is 0.0507 e. The van der Waals surface area contributed by atoms with Crippen LogP contribution in [0.25, 0.3) is 0 Å². The summed E-state index contributed by atoms with van der Waals surface area (Å²) < 4.78 is 0. The minimum Gasteiger partial charge on any atom is -0.292 e. The Balaban J connectivity index is 2.41. The van der Waals surface area contributed by atoms with Crippen LogP contribution in [0.5, 0.6) is 0 Å². The lowest BCUT2D eigenvalue weighted by atomic mass is 10.2. The van der Waals surface area contributed by atoms with E-state index >= 15 is 0 Å². The molecule has 2 heteroatoms. The Morgan fingerprint density at radius 2 is 2.10 bits per heavy atom. The van der Waals surface area contributed by atoms with Crippen LogP contribution in [0.1, 0.15) is 20.3 Å². The monoisotopic (exact) mass is 142 g/mol. The topological polar surface area (TPSA) is 6.48 Å². The van der Waals surface area contributed by atoms with Crippen molar-refractivity contribution in [3.8, 4) is 0 Å². The van der Waals surface area contributed by atoms with Crippen molar-refractivity contribution < 1.29 is 0 Å². The van der Waals surface area contributed by atoms with E-state index in [0.717, 1.165) is 12.7 Å². The molecule has 0 amide bonds. The molecule has 1 atom stereocenters. The van der Waals surface area contributed by atoms with Crippen LogP contribution in [0, 0.1) is 0 Å². The van der Waals surface area contributed by atoms with Crippen LogP contribution in [0.3, 0.4) is 0 Å². The zero-order valence-corrected chi connectivity index (χ0v) is 7.30. The van der Waals surface area contributed by atoms with Crippen molar-refractivity contribution in [1.82, 2.24) is 9.80 Å². The van der Waals surface area contributed by atoms with Gasteiger partial charge in [0.25, 0.3) is 0 Å². The lowest BCUT2D eigenvalue weighted by Gasteiger charge is -2.19. The molecule has 1 unspecified atom stereocenters. The number of rotatable bonds is 2. The highest BCUT2D eigenvalue weighted by Crippen LogP contribution is 2.12. The molecule has 0 N–H and O–H groups in total. The summed E-state index contributed by atoms with van der Waals surface area (Å²) in [5.74, 6) is 0. The van der Waals surface area contributed by atoms with Crippen molar-refractivity contribution in [1.29, 1.82) is 0 Å². The molecule has 0 radical (unpaired) electrons. The molecule has 10 heavy (non-hydrogen) atoms. The molecule has 0 aromatic heterocycles. The van der Waals surface area contributed by atoms with E-state index in [4.69, 9.17) is 0 Å². The van der Waals surface area contributed by atoms with Gasteiger partial charge in [0.1, 0.15) is 0 Å². The van der Waals surface area contributed by atoms with Gasteiger partial charge in [-0.25, -0.2) is 0 Å². The third-order valence-electron chi connectivity index (χ3n) is 2.34. The van der Waals surface area contributed by atoms with E-state index in [1.165, 1.54) is 19.5 Å². The van der Waals surface area contributed by atoms with Gasteiger partial charge in [-0.3, -0.25) is 9.80 Å². The molecule has 0 bridgehead atoms. The highest BCUT2D eigenvalue weighted by molar-refractivity contribution is 4.78. The zero-order chi connectivity index (χ0) is 7.56. The van der Waals surface area contributed by atoms with Crippen molar-refractivity contribution >= 4 is 0 Å². The van der Waals surface area contributed by atoms with Gasteiger partial charge in [-0.05, 0) is 20.0 Å². The fourth-order valence-electron chi connectivity index (χ4n) is 1.70. The third-order valence-corrected chi connectivity index (χ3v) is 2.34. The lowest BCUT2D eigenvalue weighted by Crippen LogP contribution is -2.29. The SMILES string of the molecule is CCC1CN(C)CN1CC. The van der Waals surface area contributed by atoms with Gasteiger partial charge < -0.3 is 0 Å². The van der Waals surface area contributed by atoms with E-state index in [0.29, 0.717) is 0 Å². The summed E-state index contributed by atoms with van der Waals surface area (Å²) in [4.78, 5) is 4.91. The molecule has 1 rings (SSSR count). The van der Waals surface area contributed by atoms with Crippen molar-refractivity contribution in [3.05, 3.63) is 0 Å². The second-order valence-corrected chi connectivity index (χ2v) is 3.15. The van der Waals surface area contributed by atoms with Gasteiger partial charge in [-0.15, -0.1) is 0 Å². The first-order valence-electron chi connectivity index (χ1n) is 4.20. The van der Waals surface area contributed by atoms with Gasteiger partial charge in [0.15, 0.2) is 0 Å². The average Bonchev–Trinajstić information content (AvgIpc) is 2.30. The van der Waals surface area contributed by atoms with Crippen LogP contribution in [0.4, 0.5) is 0 Å². The molecule has 1 aliphatic rings. The van der Waals surface area contributed by atoms with Crippen molar-refractivity contribution in [2.45, 2.75) is 26.3 Å². The molecule has 0 spiro atoms. The van der Waals surface area contributed by atoms with Crippen LogP contribution < -0.4 is 0 Å². The molecule has 2 nitrogen and oxygen atoms in total. The molecule has 0 aromatic carbocycles. The maximum Gasteiger partial charge on any atom is 0.0507 e. The normalized spacial score (nSPS) is 29.7. The predicted molar refractivity (Wildman–Crippen MR) is 44.0 cm³/mol. The van der Waals surface area contributed by atoms with Gasteiger partial charge >= 0.3 is 0 Å². The largest absolute Gasteiger partial charge is 0.292 e. The van der Waals surface area contributed by atoms with Gasteiger partial charge in [-0.2, -0.15) is 0 Å². The first-order valence-corrected chi connectivity index (χ1v) is 4.20. The molecular weight excluding hydrogens is 124 g/mol. The summed E-state index contributed by atoms with van der Waals surface area (Å²) in [5.41, 5.74) is 0. The number of nitrogens with zero attached hydrogens (tertiary/aromatic N) is 2. The summed E-state index contributed by atoms with van der Waals surface area (Å²) in [6.07, 6.45) is 1.29. The van der Waals surface area contributed by atoms with Crippen molar-refractivity contribution in [2.24, 2.45) is 0 Å². The van der Waals surface area contributed by atoms with Crippen LogP contribution >= 0.6 is 0 Å². The van der Waals surface area contributed by atoms with Crippen LogP contribution in [-0.4, -0.2) is 42.6 Å². The molecule has 1 aliphatic heterocycles. The van der Waals surface area contributed by atoms with Gasteiger partial charge in [0, 0.05) is 12.6 Å². The lowest BCUT2D eigenvalue weighted by molar-refractivity contribution is 0.243. The summed E-state index contributed by atoms with van der Waals surface area (Å²) in [7, 11) is 2.19. The molecule has 1 saturated heterocycles.